The average Bonchev–Trinajstić information content (AvgIpc) is 2.55. The molecule has 1 aromatic heterocycles. The highest BCUT2D eigenvalue weighted by Crippen LogP contribution is 2.09. The first-order valence-electron chi connectivity index (χ1n) is 5.27. The standard InChI is InChI=1S/C11H20N2/c1-10(2)6-4-3-5-7-11-12-8-9-13-11/h8-10H,3-7H2,1-2H3,(H,12,13). The van der Waals surface area contributed by atoms with Crippen LogP contribution in [0.3, 0.4) is 0 Å². The molecule has 0 spiro atoms. The number of aromatic nitrogens is 2. The zero-order chi connectivity index (χ0) is 9.52. The number of unbranched alkanes of at least 4 members (excludes halogenated alkanes) is 2. The van der Waals surface area contributed by atoms with Crippen LogP contribution in [0.25, 0.3) is 0 Å². The Hall–Kier alpha value is -0.790. The number of imidazole rings is 1. The summed E-state index contributed by atoms with van der Waals surface area (Å²) in [7, 11) is 0. The highest BCUT2D eigenvalue weighted by Gasteiger charge is 1.96. The minimum absolute atomic E-state index is 0.851. The fraction of sp³-hybridized carbons (Fsp3) is 0.727. The molecular formula is C11H20N2. The minimum atomic E-state index is 0.851. The Kier molecular flexibility index (Phi) is 4.58. The smallest absolute Gasteiger partial charge is 0.105 e. The number of H-pyrrole nitrogens is 1. The zero-order valence-corrected chi connectivity index (χ0v) is 8.71. The van der Waals surface area contributed by atoms with Gasteiger partial charge < -0.3 is 4.98 Å². The summed E-state index contributed by atoms with van der Waals surface area (Å²) < 4.78 is 0. The summed E-state index contributed by atoms with van der Waals surface area (Å²) in [4.78, 5) is 7.32. The molecule has 0 aliphatic carbocycles. The number of rotatable bonds is 6. The normalized spacial score (nSPS) is 11.0. The van der Waals surface area contributed by atoms with Gasteiger partial charge in [-0.15, -0.1) is 0 Å². The van der Waals surface area contributed by atoms with E-state index in [1.165, 1.54) is 25.7 Å². The van der Waals surface area contributed by atoms with E-state index in [0.29, 0.717) is 0 Å². The first-order valence-corrected chi connectivity index (χ1v) is 5.27. The quantitative estimate of drug-likeness (QED) is 0.669. The summed E-state index contributed by atoms with van der Waals surface area (Å²) in [5, 5.41) is 0. The second-order valence-electron chi connectivity index (χ2n) is 4.03. The zero-order valence-electron chi connectivity index (χ0n) is 8.71. The number of nitrogens with zero attached hydrogens (tertiary/aromatic N) is 1. The Balaban J connectivity index is 1.96. The molecular weight excluding hydrogens is 160 g/mol. The Morgan fingerprint density at radius 3 is 2.77 bits per heavy atom. The van der Waals surface area contributed by atoms with E-state index in [4.69, 9.17) is 0 Å². The van der Waals surface area contributed by atoms with Crippen LogP contribution in [0.15, 0.2) is 12.4 Å². The SMILES string of the molecule is CC(C)CCCCCc1ncc[nH]1. The van der Waals surface area contributed by atoms with Crippen LogP contribution in [-0.4, -0.2) is 9.97 Å². The van der Waals surface area contributed by atoms with E-state index in [2.05, 4.69) is 23.8 Å². The van der Waals surface area contributed by atoms with Crippen molar-refractivity contribution in [3.05, 3.63) is 18.2 Å². The molecule has 0 aliphatic heterocycles. The Labute approximate surface area is 80.8 Å². The lowest BCUT2D eigenvalue weighted by Crippen LogP contribution is -1.90. The summed E-state index contributed by atoms with van der Waals surface area (Å²) in [5.74, 6) is 1.98. The third kappa shape index (κ3) is 4.71. The summed E-state index contributed by atoms with van der Waals surface area (Å²) in [6, 6.07) is 0. The van der Waals surface area contributed by atoms with Gasteiger partial charge in [0.05, 0.1) is 0 Å². The van der Waals surface area contributed by atoms with E-state index in [1.807, 2.05) is 12.4 Å². The minimum Gasteiger partial charge on any atom is -0.349 e. The fourth-order valence-electron chi connectivity index (χ4n) is 1.46. The van der Waals surface area contributed by atoms with Crippen molar-refractivity contribution in [2.24, 2.45) is 5.92 Å². The molecule has 0 aromatic carbocycles. The van der Waals surface area contributed by atoms with Gasteiger partial charge in [0.15, 0.2) is 0 Å². The lowest BCUT2D eigenvalue weighted by Gasteiger charge is -2.02. The van der Waals surface area contributed by atoms with Crippen LogP contribution in [0.4, 0.5) is 0 Å². The molecule has 1 N–H and O–H groups in total. The van der Waals surface area contributed by atoms with E-state index in [0.717, 1.165) is 18.2 Å². The molecule has 2 nitrogen and oxygen atoms in total. The molecule has 0 bridgehead atoms. The van der Waals surface area contributed by atoms with Gasteiger partial charge in [-0.1, -0.05) is 33.1 Å². The predicted molar refractivity (Wildman–Crippen MR) is 55.6 cm³/mol. The summed E-state index contributed by atoms with van der Waals surface area (Å²) in [6.07, 6.45) is 10.1. The van der Waals surface area contributed by atoms with Crippen LogP contribution in [-0.2, 0) is 6.42 Å². The van der Waals surface area contributed by atoms with Crippen molar-refractivity contribution >= 4 is 0 Å². The van der Waals surface area contributed by atoms with Crippen molar-refractivity contribution in [3.63, 3.8) is 0 Å². The molecule has 74 valence electrons. The van der Waals surface area contributed by atoms with Gasteiger partial charge in [0.25, 0.3) is 0 Å². The molecule has 0 fully saturated rings. The molecule has 0 unspecified atom stereocenters. The second kappa shape index (κ2) is 5.79. The Bertz CT molecular complexity index is 202. The van der Waals surface area contributed by atoms with Crippen LogP contribution in [0.1, 0.15) is 45.4 Å². The van der Waals surface area contributed by atoms with Crippen molar-refractivity contribution < 1.29 is 0 Å². The van der Waals surface area contributed by atoms with Gasteiger partial charge in [-0.2, -0.15) is 0 Å². The summed E-state index contributed by atoms with van der Waals surface area (Å²) >= 11 is 0. The molecule has 0 saturated carbocycles. The molecule has 1 aromatic rings. The van der Waals surface area contributed by atoms with Crippen molar-refractivity contribution in [1.82, 2.24) is 9.97 Å². The van der Waals surface area contributed by atoms with Crippen molar-refractivity contribution in [3.8, 4) is 0 Å². The number of hydrogen-bond donors (Lipinski definition) is 1. The molecule has 0 radical (unpaired) electrons. The fourth-order valence-corrected chi connectivity index (χ4v) is 1.46. The maximum Gasteiger partial charge on any atom is 0.105 e. The van der Waals surface area contributed by atoms with Gasteiger partial charge in [0.1, 0.15) is 5.82 Å². The average molecular weight is 180 g/mol. The lowest BCUT2D eigenvalue weighted by atomic mass is 10.0. The van der Waals surface area contributed by atoms with Crippen molar-refractivity contribution in [1.29, 1.82) is 0 Å². The van der Waals surface area contributed by atoms with Gasteiger partial charge in [-0.25, -0.2) is 4.98 Å². The first-order chi connectivity index (χ1) is 6.29. The van der Waals surface area contributed by atoms with E-state index < -0.39 is 0 Å². The van der Waals surface area contributed by atoms with Crippen molar-refractivity contribution in [2.75, 3.05) is 0 Å². The highest BCUT2D eigenvalue weighted by atomic mass is 14.9. The van der Waals surface area contributed by atoms with Crippen LogP contribution in [0.2, 0.25) is 0 Å². The largest absolute Gasteiger partial charge is 0.349 e. The van der Waals surface area contributed by atoms with Gasteiger partial charge >= 0.3 is 0 Å². The van der Waals surface area contributed by atoms with E-state index >= 15 is 0 Å². The molecule has 1 rings (SSSR count). The second-order valence-corrected chi connectivity index (χ2v) is 4.03. The Morgan fingerprint density at radius 2 is 2.15 bits per heavy atom. The van der Waals surface area contributed by atoms with Crippen LogP contribution in [0, 0.1) is 5.92 Å². The Morgan fingerprint density at radius 1 is 1.31 bits per heavy atom. The number of aryl methyl sites for hydroxylation is 1. The van der Waals surface area contributed by atoms with E-state index in [9.17, 15) is 0 Å². The first kappa shape index (κ1) is 10.3. The molecule has 0 amide bonds. The number of aromatic amines is 1. The van der Waals surface area contributed by atoms with Crippen LogP contribution in [0.5, 0.6) is 0 Å². The lowest BCUT2D eigenvalue weighted by molar-refractivity contribution is 0.525. The topological polar surface area (TPSA) is 28.7 Å². The van der Waals surface area contributed by atoms with E-state index in [1.54, 1.807) is 0 Å². The van der Waals surface area contributed by atoms with Crippen LogP contribution >= 0.6 is 0 Å². The number of hydrogen-bond acceptors (Lipinski definition) is 1. The molecule has 2 heteroatoms. The third-order valence-corrected chi connectivity index (χ3v) is 2.25. The van der Waals surface area contributed by atoms with Gasteiger partial charge in [0, 0.05) is 18.8 Å². The maximum atomic E-state index is 4.19. The molecule has 13 heavy (non-hydrogen) atoms. The summed E-state index contributed by atoms with van der Waals surface area (Å²) in [5.41, 5.74) is 0. The predicted octanol–water partition coefficient (Wildman–Crippen LogP) is 3.17. The summed E-state index contributed by atoms with van der Waals surface area (Å²) in [6.45, 7) is 4.57. The van der Waals surface area contributed by atoms with Crippen LogP contribution < -0.4 is 0 Å². The highest BCUT2D eigenvalue weighted by molar-refractivity contribution is 4.86. The van der Waals surface area contributed by atoms with E-state index in [-0.39, 0.29) is 0 Å². The molecule has 1 heterocycles. The monoisotopic (exact) mass is 180 g/mol. The molecule has 0 saturated heterocycles. The van der Waals surface area contributed by atoms with Crippen molar-refractivity contribution in [2.45, 2.75) is 46.0 Å². The van der Waals surface area contributed by atoms with Gasteiger partial charge in [-0.05, 0) is 12.3 Å². The third-order valence-electron chi connectivity index (χ3n) is 2.25. The molecule has 0 aliphatic rings. The number of nitrogens with one attached hydrogen (secondary N) is 1. The maximum absolute atomic E-state index is 4.19. The van der Waals surface area contributed by atoms with Gasteiger partial charge in [-0.3, -0.25) is 0 Å². The van der Waals surface area contributed by atoms with Gasteiger partial charge in [0.2, 0.25) is 0 Å². The molecule has 0 atom stereocenters.